The van der Waals surface area contributed by atoms with Gasteiger partial charge in [-0.3, -0.25) is 0 Å². The van der Waals surface area contributed by atoms with Gasteiger partial charge in [0, 0.05) is 0 Å². The normalized spacial score (nSPS) is 11.6. The van der Waals surface area contributed by atoms with E-state index in [-0.39, 0.29) is 0 Å². The van der Waals surface area contributed by atoms with E-state index in [4.69, 9.17) is 0 Å². The van der Waals surface area contributed by atoms with Crippen molar-refractivity contribution in [2.75, 3.05) is 7.11 Å². The van der Waals surface area contributed by atoms with Crippen LogP contribution in [-0.2, 0) is 10.0 Å². The number of ether oxygens (including phenoxy) is 1. The maximum absolute atomic E-state index is 13.1. The lowest BCUT2D eigenvalue weighted by Crippen LogP contribution is -2.18. The van der Waals surface area contributed by atoms with Gasteiger partial charge in [-0.25, -0.2) is 26.7 Å². The highest BCUT2D eigenvalue weighted by atomic mass is 32.2. The van der Waals surface area contributed by atoms with E-state index in [9.17, 15) is 26.0 Å². The third-order valence-corrected chi connectivity index (χ3v) is 2.61. The summed E-state index contributed by atoms with van der Waals surface area (Å²) in [5.74, 6) is -9.85. The Morgan fingerprint density at radius 2 is 1.44 bits per heavy atom. The molecule has 0 amide bonds. The Morgan fingerprint density at radius 3 is 1.81 bits per heavy atom. The number of hydrogen-bond acceptors (Lipinski definition) is 3. The summed E-state index contributed by atoms with van der Waals surface area (Å²) in [6.07, 6.45) is 0. The Balaban J connectivity index is 3.87. The van der Waals surface area contributed by atoms with Crippen LogP contribution >= 0.6 is 0 Å². The lowest BCUT2D eigenvalue weighted by molar-refractivity contribution is 0.328. The van der Waals surface area contributed by atoms with Crippen molar-refractivity contribution in [2.45, 2.75) is 4.90 Å². The van der Waals surface area contributed by atoms with Gasteiger partial charge in [0.2, 0.25) is 21.7 Å². The van der Waals surface area contributed by atoms with Crippen LogP contribution in [0.5, 0.6) is 5.75 Å². The molecule has 0 fully saturated rings. The van der Waals surface area contributed by atoms with Crippen LogP contribution in [0.2, 0.25) is 0 Å². The molecule has 0 spiro atoms. The van der Waals surface area contributed by atoms with E-state index in [2.05, 4.69) is 9.88 Å². The van der Waals surface area contributed by atoms with E-state index in [1.165, 1.54) is 0 Å². The van der Waals surface area contributed by atoms with Gasteiger partial charge >= 0.3 is 0 Å². The van der Waals surface area contributed by atoms with Crippen LogP contribution in [0, 0.1) is 23.3 Å². The molecule has 0 saturated carbocycles. The molecule has 0 aliphatic carbocycles. The maximum Gasteiger partial charge on any atom is 0.244 e. The van der Waals surface area contributed by atoms with E-state index in [0.717, 1.165) is 7.11 Å². The molecule has 0 aliphatic rings. The summed E-state index contributed by atoms with van der Waals surface area (Å²) in [6.45, 7) is 0. The van der Waals surface area contributed by atoms with Gasteiger partial charge in [-0.2, -0.15) is 4.39 Å². The van der Waals surface area contributed by atoms with Crippen LogP contribution in [0.3, 0.4) is 0 Å². The van der Waals surface area contributed by atoms with Crippen LogP contribution in [0.1, 0.15) is 0 Å². The molecule has 0 atom stereocenters. The van der Waals surface area contributed by atoms with Gasteiger partial charge in [0.25, 0.3) is 0 Å². The van der Waals surface area contributed by atoms with Crippen LogP contribution in [0.15, 0.2) is 4.90 Å². The summed E-state index contributed by atoms with van der Waals surface area (Å²) >= 11 is 0. The van der Waals surface area contributed by atoms with E-state index >= 15 is 0 Å². The van der Waals surface area contributed by atoms with Crippen LogP contribution < -0.4 is 9.88 Å². The zero-order chi connectivity index (χ0) is 12.7. The first-order valence-electron chi connectivity index (χ1n) is 3.64. The Kier molecular flexibility index (Phi) is 3.10. The van der Waals surface area contributed by atoms with Gasteiger partial charge in [-0.1, -0.05) is 0 Å². The van der Waals surface area contributed by atoms with Crippen LogP contribution in [0.25, 0.3) is 0 Å². The third kappa shape index (κ3) is 1.83. The first-order valence-corrected chi connectivity index (χ1v) is 5.19. The van der Waals surface area contributed by atoms with Crippen molar-refractivity contribution >= 4 is 10.0 Å². The highest BCUT2D eigenvalue weighted by molar-refractivity contribution is 7.89. The van der Waals surface area contributed by atoms with Gasteiger partial charge < -0.3 is 4.74 Å². The van der Waals surface area contributed by atoms with Crippen LogP contribution in [-0.4, -0.2) is 15.5 Å². The highest BCUT2D eigenvalue weighted by Crippen LogP contribution is 2.32. The number of benzene rings is 1. The minimum Gasteiger partial charge on any atom is -0.492 e. The number of primary sulfonamides is 1. The monoisotopic (exact) mass is 259 g/mol. The average molecular weight is 259 g/mol. The van der Waals surface area contributed by atoms with Crippen molar-refractivity contribution in [1.82, 2.24) is 0 Å². The fourth-order valence-electron chi connectivity index (χ4n) is 1.03. The fraction of sp³-hybridized carbons (Fsp3) is 0.143. The average Bonchev–Trinajstić information content (AvgIpc) is 2.18. The minimum absolute atomic E-state index is 0.754. The molecule has 0 saturated heterocycles. The van der Waals surface area contributed by atoms with E-state index < -0.39 is 43.9 Å². The molecule has 0 aromatic heterocycles. The van der Waals surface area contributed by atoms with E-state index in [0.29, 0.717) is 0 Å². The Morgan fingerprint density at radius 1 is 1.00 bits per heavy atom. The molecule has 0 unspecified atom stereocenters. The van der Waals surface area contributed by atoms with Crippen molar-refractivity contribution in [2.24, 2.45) is 5.14 Å². The molecule has 1 rings (SSSR count). The molecule has 90 valence electrons. The predicted octanol–water partition coefficient (Wildman–Crippen LogP) is 0.899. The van der Waals surface area contributed by atoms with Gasteiger partial charge in [-0.15, -0.1) is 0 Å². The van der Waals surface area contributed by atoms with Gasteiger partial charge in [0.15, 0.2) is 22.3 Å². The van der Waals surface area contributed by atoms with Gasteiger partial charge in [-0.05, 0) is 0 Å². The summed E-state index contributed by atoms with van der Waals surface area (Å²) in [6, 6.07) is 0. The second kappa shape index (κ2) is 3.91. The maximum atomic E-state index is 13.1. The quantitative estimate of drug-likeness (QED) is 0.487. The number of nitrogens with two attached hydrogens (primary N) is 1. The van der Waals surface area contributed by atoms with Crippen molar-refractivity contribution in [3.63, 3.8) is 0 Å². The number of hydrogen-bond donors (Lipinski definition) is 1. The molecule has 0 bridgehead atoms. The van der Waals surface area contributed by atoms with Crippen molar-refractivity contribution in [1.29, 1.82) is 0 Å². The SMILES string of the molecule is COc1c(F)c(F)c(F)c(F)c1S(N)(=O)=O. The Labute approximate surface area is 87.7 Å². The molecule has 4 nitrogen and oxygen atoms in total. The molecular weight excluding hydrogens is 254 g/mol. The van der Waals surface area contributed by atoms with Gasteiger partial charge in [0.1, 0.15) is 0 Å². The van der Waals surface area contributed by atoms with Crippen molar-refractivity contribution < 1.29 is 30.7 Å². The minimum atomic E-state index is -4.78. The highest BCUT2D eigenvalue weighted by Gasteiger charge is 2.31. The number of rotatable bonds is 2. The summed E-state index contributed by atoms with van der Waals surface area (Å²) in [5.41, 5.74) is 0. The molecule has 0 aliphatic heterocycles. The molecule has 0 radical (unpaired) electrons. The van der Waals surface area contributed by atoms with Gasteiger partial charge in [0.05, 0.1) is 7.11 Å². The predicted molar refractivity (Wildman–Crippen MR) is 44.2 cm³/mol. The second-order valence-corrected chi connectivity index (χ2v) is 4.16. The molecule has 1 aromatic rings. The Hall–Kier alpha value is -1.35. The number of sulfonamides is 1. The largest absolute Gasteiger partial charge is 0.492 e. The lowest BCUT2D eigenvalue weighted by atomic mass is 10.3. The lowest BCUT2D eigenvalue weighted by Gasteiger charge is -2.10. The summed E-state index contributed by atoms with van der Waals surface area (Å²) in [4.78, 5) is -1.56. The standard InChI is InChI=1S/C7H5F4NO3S/c1-15-6-4(10)2(8)3(9)5(11)7(6)16(12,13)14/h1H3,(H2,12,13,14). The molecule has 2 N–H and O–H groups in total. The smallest absolute Gasteiger partial charge is 0.244 e. The van der Waals surface area contributed by atoms with Crippen molar-refractivity contribution in [3.05, 3.63) is 23.3 Å². The van der Waals surface area contributed by atoms with E-state index in [1.54, 1.807) is 0 Å². The molecule has 9 heteroatoms. The topological polar surface area (TPSA) is 69.4 Å². The number of halogens is 4. The first kappa shape index (κ1) is 12.7. The molecule has 0 heterocycles. The van der Waals surface area contributed by atoms with Crippen molar-refractivity contribution in [3.8, 4) is 5.75 Å². The molecule has 16 heavy (non-hydrogen) atoms. The summed E-state index contributed by atoms with van der Waals surface area (Å²) in [5, 5.41) is 4.52. The Bertz CT molecular complexity index is 543. The molecular formula is C7H5F4NO3S. The zero-order valence-electron chi connectivity index (χ0n) is 7.72. The first-order chi connectivity index (χ1) is 7.21. The summed E-state index contributed by atoms with van der Waals surface area (Å²) in [7, 11) is -4.03. The molecule has 1 aromatic carbocycles. The summed E-state index contributed by atoms with van der Waals surface area (Å²) < 4.78 is 77.3. The van der Waals surface area contributed by atoms with E-state index in [1.807, 2.05) is 0 Å². The second-order valence-electron chi connectivity index (χ2n) is 2.66. The third-order valence-electron chi connectivity index (χ3n) is 1.67. The zero-order valence-corrected chi connectivity index (χ0v) is 8.54. The number of methoxy groups -OCH3 is 1. The fourth-order valence-corrected chi connectivity index (χ4v) is 1.80. The van der Waals surface area contributed by atoms with Crippen LogP contribution in [0.4, 0.5) is 17.6 Å².